The van der Waals surface area contributed by atoms with E-state index < -0.39 is 0 Å². The molecule has 0 saturated carbocycles. The van der Waals surface area contributed by atoms with Gasteiger partial charge in [-0.05, 0) is 91.3 Å². The van der Waals surface area contributed by atoms with Gasteiger partial charge < -0.3 is 4.90 Å². The normalized spacial score (nSPS) is 11.1. The van der Waals surface area contributed by atoms with Crippen molar-refractivity contribution in [2.75, 3.05) is 4.90 Å². The average molecular weight is 574 g/mol. The minimum atomic E-state index is 1.13. The molecule has 8 rings (SSSR count). The monoisotopic (exact) mass is 573 g/mol. The zero-order chi connectivity index (χ0) is 30.0. The summed E-state index contributed by atoms with van der Waals surface area (Å²) in [6, 6.07) is 67.4. The molecule has 0 radical (unpaired) electrons. The molecule has 8 aromatic rings. The summed E-state index contributed by atoms with van der Waals surface area (Å²) in [5.41, 5.74) is 10.8. The van der Waals surface area contributed by atoms with Crippen LogP contribution in [0.1, 0.15) is 0 Å². The average Bonchev–Trinajstić information content (AvgIpc) is 3.12. The van der Waals surface area contributed by atoms with Crippen LogP contribution < -0.4 is 4.90 Å². The van der Waals surface area contributed by atoms with E-state index in [2.05, 4.69) is 193 Å². The van der Waals surface area contributed by atoms with E-state index in [1.165, 1.54) is 54.9 Å². The smallest absolute Gasteiger partial charge is 0.0462 e. The van der Waals surface area contributed by atoms with Crippen molar-refractivity contribution in [3.8, 4) is 33.4 Å². The lowest BCUT2D eigenvalue weighted by molar-refractivity contribution is 1.28. The van der Waals surface area contributed by atoms with E-state index >= 15 is 0 Å². The number of hydrogen-bond acceptors (Lipinski definition) is 1. The highest BCUT2D eigenvalue weighted by molar-refractivity contribution is 6.21. The van der Waals surface area contributed by atoms with Crippen LogP contribution in [0, 0.1) is 0 Å². The molecule has 1 nitrogen and oxygen atoms in total. The number of anilines is 3. The molecule has 8 aromatic carbocycles. The first-order chi connectivity index (χ1) is 22.3. The molecule has 0 aliphatic heterocycles. The van der Waals surface area contributed by atoms with Crippen LogP contribution in [0.15, 0.2) is 188 Å². The minimum absolute atomic E-state index is 1.13. The van der Waals surface area contributed by atoms with E-state index in [-0.39, 0.29) is 0 Å². The van der Waals surface area contributed by atoms with Crippen molar-refractivity contribution in [2.24, 2.45) is 0 Å². The summed E-state index contributed by atoms with van der Waals surface area (Å²) >= 11 is 0. The van der Waals surface area contributed by atoms with Gasteiger partial charge in [-0.3, -0.25) is 0 Å². The van der Waals surface area contributed by atoms with E-state index in [0.717, 1.165) is 17.1 Å². The van der Waals surface area contributed by atoms with Crippen LogP contribution in [0.3, 0.4) is 0 Å². The summed E-state index contributed by atoms with van der Waals surface area (Å²) in [5, 5.41) is 5.10. The number of para-hydroxylation sites is 2. The van der Waals surface area contributed by atoms with Crippen LogP contribution in [0.2, 0.25) is 0 Å². The summed E-state index contributed by atoms with van der Waals surface area (Å²) in [5.74, 6) is 0. The van der Waals surface area contributed by atoms with Crippen molar-refractivity contribution in [3.05, 3.63) is 188 Å². The molecule has 0 saturated heterocycles. The number of benzene rings is 8. The highest BCUT2D eigenvalue weighted by Gasteiger charge is 2.17. The van der Waals surface area contributed by atoms with Crippen molar-refractivity contribution >= 4 is 38.6 Å². The fourth-order valence-corrected chi connectivity index (χ4v) is 6.59. The summed E-state index contributed by atoms with van der Waals surface area (Å²) in [6.07, 6.45) is 0. The topological polar surface area (TPSA) is 3.24 Å². The number of nitrogens with zero attached hydrogens (tertiary/aromatic N) is 1. The van der Waals surface area contributed by atoms with Crippen molar-refractivity contribution in [1.29, 1.82) is 0 Å². The molecule has 0 spiro atoms. The van der Waals surface area contributed by atoms with E-state index in [4.69, 9.17) is 0 Å². The highest BCUT2D eigenvalue weighted by Crippen LogP contribution is 2.44. The Morgan fingerprint density at radius 3 is 0.933 bits per heavy atom. The van der Waals surface area contributed by atoms with Crippen LogP contribution in [0.25, 0.3) is 54.9 Å². The van der Waals surface area contributed by atoms with Gasteiger partial charge in [-0.1, -0.05) is 152 Å². The highest BCUT2D eigenvalue weighted by atomic mass is 15.1. The van der Waals surface area contributed by atoms with Gasteiger partial charge in [0.15, 0.2) is 0 Å². The van der Waals surface area contributed by atoms with Gasteiger partial charge in [0.1, 0.15) is 0 Å². The van der Waals surface area contributed by atoms with Gasteiger partial charge in [0.2, 0.25) is 0 Å². The summed E-state index contributed by atoms with van der Waals surface area (Å²) in [7, 11) is 0. The van der Waals surface area contributed by atoms with E-state index in [1.54, 1.807) is 0 Å². The lowest BCUT2D eigenvalue weighted by Gasteiger charge is -2.25. The molecule has 0 aliphatic rings. The Bertz CT molecular complexity index is 2120. The molecule has 0 aliphatic carbocycles. The maximum atomic E-state index is 2.29. The largest absolute Gasteiger partial charge is 0.311 e. The minimum Gasteiger partial charge on any atom is -0.311 e. The second-order valence-electron chi connectivity index (χ2n) is 11.3. The maximum Gasteiger partial charge on any atom is 0.0462 e. The Hall–Kier alpha value is -5.92. The van der Waals surface area contributed by atoms with Gasteiger partial charge in [0.25, 0.3) is 0 Å². The molecule has 212 valence electrons. The molecule has 0 aromatic heterocycles. The van der Waals surface area contributed by atoms with Crippen molar-refractivity contribution in [2.45, 2.75) is 0 Å². The lowest BCUT2D eigenvalue weighted by Crippen LogP contribution is -2.09. The van der Waals surface area contributed by atoms with Crippen LogP contribution in [0.4, 0.5) is 17.1 Å². The quantitative estimate of drug-likeness (QED) is 0.179. The first-order valence-electron chi connectivity index (χ1n) is 15.5. The molecule has 0 amide bonds. The van der Waals surface area contributed by atoms with E-state index in [1.807, 2.05) is 0 Å². The molecule has 0 unspecified atom stereocenters. The van der Waals surface area contributed by atoms with Gasteiger partial charge in [-0.2, -0.15) is 0 Å². The standard InChI is InChI=1S/C44H31N/c1-4-14-34(15-5-1)43-39-20-10-12-22-41(39)44(42-23-13-11-21-40(42)43)35-26-24-32(25-27-35)33-28-30-38(31-29-33)45(36-16-6-2-7-17-36)37-18-8-3-9-19-37/h1-31H. The second kappa shape index (κ2) is 11.6. The SMILES string of the molecule is c1ccc(-c2c3ccccc3c(-c3ccc(-c4ccc(N(c5ccccc5)c5ccccc5)cc4)cc3)c3ccccc23)cc1. The predicted molar refractivity (Wildman–Crippen MR) is 192 cm³/mol. The first kappa shape index (κ1) is 26.7. The Labute approximate surface area is 264 Å². The van der Waals surface area contributed by atoms with Crippen LogP contribution >= 0.6 is 0 Å². The van der Waals surface area contributed by atoms with Gasteiger partial charge in [-0.15, -0.1) is 0 Å². The molecule has 0 N–H and O–H groups in total. The molecule has 0 heterocycles. The van der Waals surface area contributed by atoms with Crippen molar-refractivity contribution in [1.82, 2.24) is 0 Å². The molecular formula is C44H31N. The Balaban J connectivity index is 1.19. The third-order valence-electron chi connectivity index (χ3n) is 8.66. The molecule has 0 bridgehead atoms. The zero-order valence-corrected chi connectivity index (χ0v) is 24.8. The fraction of sp³-hybridized carbons (Fsp3) is 0. The summed E-state index contributed by atoms with van der Waals surface area (Å²) in [6.45, 7) is 0. The molecule has 0 atom stereocenters. The van der Waals surface area contributed by atoms with Crippen LogP contribution in [-0.2, 0) is 0 Å². The van der Waals surface area contributed by atoms with Crippen LogP contribution in [-0.4, -0.2) is 0 Å². The third kappa shape index (κ3) is 4.95. The number of rotatable bonds is 6. The van der Waals surface area contributed by atoms with Gasteiger partial charge in [-0.25, -0.2) is 0 Å². The second-order valence-corrected chi connectivity index (χ2v) is 11.3. The summed E-state index contributed by atoms with van der Waals surface area (Å²) in [4.78, 5) is 2.29. The maximum absolute atomic E-state index is 2.29. The Morgan fingerprint density at radius 2 is 0.511 bits per heavy atom. The lowest BCUT2D eigenvalue weighted by atomic mass is 9.86. The molecule has 0 fully saturated rings. The first-order valence-corrected chi connectivity index (χ1v) is 15.5. The Kier molecular flexibility index (Phi) is 6.90. The number of fused-ring (bicyclic) bond motifs is 2. The van der Waals surface area contributed by atoms with E-state index in [9.17, 15) is 0 Å². The Morgan fingerprint density at radius 1 is 0.222 bits per heavy atom. The summed E-state index contributed by atoms with van der Waals surface area (Å²) < 4.78 is 0. The van der Waals surface area contributed by atoms with Crippen LogP contribution in [0.5, 0.6) is 0 Å². The van der Waals surface area contributed by atoms with Crippen molar-refractivity contribution < 1.29 is 0 Å². The third-order valence-corrected chi connectivity index (χ3v) is 8.66. The molecule has 1 heteroatoms. The fourth-order valence-electron chi connectivity index (χ4n) is 6.59. The molecule has 45 heavy (non-hydrogen) atoms. The predicted octanol–water partition coefficient (Wildman–Crippen LogP) is 12.5. The zero-order valence-electron chi connectivity index (χ0n) is 24.8. The van der Waals surface area contributed by atoms with E-state index in [0.29, 0.717) is 0 Å². The van der Waals surface area contributed by atoms with Gasteiger partial charge in [0, 0.05) is 17.1 Å². The molecular weight excluding hydrogens is 542 g/mol. The van der Waals surface area contributed by atoms with Crippen molar-refractivity contribution in [3.63, 3.8) is 0 Å². The number of hydrogen-bond donors (Lipinski definition) is 0. The van der Waals surface area contributed by atoms with Gasteiger partial charge >= 0.3 is 0 Å². The van der Waals surface area contributed by atoms with Gasteiger partial charge in [0.05, 0.1) is 0 Å².